The Balaban J connectivity index is 1.44. The number of nitrogens with one attached hydrogen (secondary N) is 1. The molecule has 3 rings (SSSR count). The molecule has 1 saturated heterocycles. The van der Waals surface area contributed by atoms with Gasteiger partial charge in [-0.2, -0.15) is 0 Å². The number of rotatable bonds is 7. The van der Waals surface area contributed by atoms with Gasteiger partial charge in [-0.25, -0.2) is 9.48 Å². The molecule has 0 spiro atoms. The van der Waals surface area contributed by atoms with E-state index in [0.717, 1.165) is 43.9 Å². The predicted octanol–water partition coefficient (Wildman–Crippen LogP) is 0.841. The number of para-hydroxylation sites is 1. The summed E-state index contributed by atoms with van der Waals surface area (Å²) in [4.78, 5) is 28.2. The Morgan fingerprint density at radius 2 is 1.86 bits per heavy atom. The average Bonchev–Trinajstić information content (AvgIpc) is 3.17. The van der Waals surface area contributed by atoms with E-state index in [0.29, 0.717) is 13.2 Å². The van der Waals surface area contributed by atoms with Gasteiger partial charge in [0, 0.05) is 31.9 Å². The van der Waals surface area contributed by atoms with Crippen molar-refractivity contribution in [3.63, 3.8) is 0 Å². The van der Waals surface area contributed by atoms with E-state index in [-0.39, 0.29) is 11.6 Å². The molecule has 9 heteroatoms. The molecular formula is C19H26N6O3. The quantitative estimate of drug-likeness (QED) is 0.705. The molecule has 0 unspecified atom stereocenters. The number of carbonyl (C=O) groups excluding carboxylic acids is 2. The third kappa shape index (κ3) is 5.14. The highest BCUT2D eigenvalue weighted by molar-refractivity contribution is 5.93. The number of esters is 1. The van der Waals surface area contributed by atoms with Gasteiger partial charge in [0.2, 0.25) is 5.91 Å². The number of methoxy groups -OCH3 is 1. The standard InChI is InChI=1S/C19H26N6O3/c1-3-15-6-4-5-7-16(15)20-18(26)13-23-8-10-24(11-9-23)14-25-12-17(21-22-25)19(27)28-2/h4-7,12H,3,8-11,13-14H2,1-2H3,(H,20,26). The maximum Gasteiger partial charge on any atom is 0.360 e. The number of aromatic nitrogens is 3. The first-order valence-electron chi connectivity index (χ1n) is 9.40. The molecule has 150 valence electrons. The van der Waals surface area contributed by atoms with Crippen LogP contribution >= 0.6 is 0 Å². The van der Waals surface area contributed by atoms with Crippen LogP contribution < -0.4 is 5.32 Å². The van der Waals surface area contributed by atoms with E-state index < -0.39 is 5.97 Å². The Bertz CT molecular complexity index is 814. The van der Waals surface area contributed by atoms with Crippen molar-refractivity contribution < 1.29 is 14.3 Å². The second-order valence-electron chi connectivity index (χ2n) is 6.73. The molecule has 0 radical (unpaired) electrons. The number of hydrogen-bond donors (Lipinski definition) is 1. The third-order valence-electron chi connectivity index (χ3n) is 4.78. The van der Waals surface area contributed by atoms with Crippen LogP contribution in [0.1, 0.15) is 23.0 Å². The summed E-state index contributed by atoms with van der Waals surface area (Å²) in [5, 5.41) is 10.8. The van der Waals surface area contributed by atoms with Crippen LogP contribution in [-0.2, 0) is 22.6 Å². The van der Waals surface area contributed by atoms with Gasteiger partial charge < -0.3 is 10.1 Å². The lowest BCUT2D eigenvalue weighted by Gasteiger charge is -2.33. The summed E-state index contributed by atoms with van der Waals surface area (Å²) in [6, 6.07) is 7.89. The van der Waals surface area contributed by atoms with Crippen molar-refractivity contribution in [3.05, 3.63) is 41.7 Å². The summed E-state index contributed by atoms with van der Waals surface area (Å²) in [5.41, 5.74) is 2.23. The molecular weight excluding hydrogens is 360 g/mol. The summed E-state index contributed by atoms with van der Waals surface area (Å²) in [6.07, 6.45) is 2.46. The highest BCUT2D eigenvalue weighted by atomic mass is 16.5. The fourth-order valence-corrected chi connectivity index (χ4v) is 3.20. The Kier molecular flexibility index (Phi) is 6.72. The average molecular weight is 386 g/mol. The lowest BCUT2D eigenvalue weighted by Crippen LogP contribution is -2.48. The smallest absolute Gasteiger partial charge is 0.360 e. The van der Waals surface area contributed by atoms with E-state index in [1.165, 1.54) is 7.11 Å². The zero-order valence-corrected chi connectivity index (χ0v) is 16.3. The lowest BCUT2D eigenvalue weighted by molar-refractivity contribution is -0.117. The summed E-state index contributed by atoms with van der Waals surface area (Å²) >= 11 is 0. The number of piperazine rings is 1. The first-order valence-corrected chi connectivity index (χ1v) is 9.40. The van der Waals surface area contributed by atoms with Gasteiger partial charge in [-0.3, -0.25) is 14.6 Å². The zero-order valence-electron chi connectivity index (χ0n) is 16.3. The van der Waals surface area contributed by atoms with Crippen LogP contribution in [0.4, 0.5) is 5.69 Å². The summed E-state index contributed by atoms with van der Waals surface area (Å²) in [5.74, 6) is -0.486. The molecule has 1 aromatic heterocycles. The summed E-state index contributed by atoms with van der Waals surface area (Å²) in [6.45, 7) is 6.21. The van der Waals surface area contributed by atoms with Gasteiger partial charge in [-0.05, 0) is 18.1 Å². The molecule has 0 atom stereocenters. The van der Waals surface area contributed by atoms with Crippen LogP contribution in [-0.4, -0.2) is 76.5 Å². The van der Waals surface area contributed by atoms with E-state index in [1.54, 1.807) is 10.9 Å². The molecule has 1 aliphatic heterocycles. The molecule has 1 N–H and O–H groups in total. The van der Waals surface area contributed by atoms with Crippen molar-refractivity contribution in [1.29, 1.82) is 0 Å². The van der Waals surface area contributed by atoms with Gasteiger partial charge in [0.1, 0.15) is 0 Å². The molecule has 0 aliphatic carbocycles. The number of nitrogens with zero attached hydrogens (tertiary/aromatic N) is 5. The lowest BCUT2D eigenvalue weighted by atomic mass is 10.1. The SMILES string of the molecule is CCc1ccccc1NC(=O)CN1CCN(Cn2cc(C(=O)OC)nn2)CC1. The maximum atomic E-state index is 12.4. The van der Waals surface area contributed by atoms with Crippen LogP contribution in [0, 0.1) is 0 Å². The first-order chi connectivity index (χ1) is 13.6. The van der Waals surface area contributed by atoms with E-state index in [1.807, 2.05) is 24.3 Å². The first kappa shape index (κ1) is 20.0. The Hall–Kier alpha value is -2.78. The van der Waals surface area contributed by atoms with Gasteiger partial charge >= 0.3 is 5.97 Å². The number of benzene rings is 1. The maximum absolute atomic E-state index is 12.4. The molecule has 2 aromatic rings. The van der Waals surface area contributed by atoms with Crippen molar-refractivity contribution in [1.82, 2.24) is 24.8 Å². The minimum atomic E-state index is -0.494. The molecule has 1 fully saturated rings. The van der Waals surface area contributed by atoms with E-state index in [2.05, 4.69) is 37.1 Å². The minimum Gasteiger partial charge on any atom is -0.464 e. The van der Waals surface area contributed by atoms with Gasteiger partial charge in [0.25, 0.3) is 0 Å². The minimum absolute atomic E-state index is 0.00773. The fraction of sp³-hybridized carbons (Fsp3) is 0.474. The molecule has 2 heterocycles. The molecule has 1 aliphatic rings. The number of aryl methyl sites for hydroxylation is 1. The molecule has 1 aromatic carbocycles. The number of amides is 1. The molecule has 0 bridgehead atoms. The van der Waals surface area contributed by atoms with Gasteiger partial charge in [0.05, 0.1) is 26.5 Å². The van der Waals surface area contributed by atoms with Crippen molar-refractivity contribution in [2.24, 2.45) is 0 Å². The van der Waals surface area contributed by atoms with Crippen molar-refractivity contribution in [2.75, 3.05) is 45.2 Å². The molecule has 28 heavy (non-hydrogen) atoms. The highest BCUT2D eigenvalue weighted by Gasteiger charge is 2.20. The third-order valence-corrected chi connectivity index (χ3v) is 4.78. The second-order valence-corrected chi connectivity index (χ2v) is 6.73. The Morgan fingerprint density at radius 3 is 2.57 bits per heavy atom. The van der Waals surface area contributed by atoms with Gasteiger partial charge in [-0.15, -0.1) is 5.10 Å². The number of carbonyl (C=O) groups is 2. The van der Waals surface area contributed by atoms with Crippen molar-refractivity contribution in [2.45, 2.75) is 20.0 Å². The Labute approximate surface area is 164 Å². The normalized spacial score (nSPS) is 15.4. The monoisotopic (exact) mass is 386 g/mol. The van der Waals surface area contributed by atoms with E-state index >= 15 is 0 Å². The van der Waals surface area contributed by atoms with E-state index in [9.17, 15) is 9.59 Å². The number of hydrogen-bond acceptors (Lipinski definition) is 7. The fourth-order valence-electron chi connectivity index (χ4n) is 3.20. The van der Waals surface area contributed by atoms with Crippen molar-refractivity contribution >= 4 is 17.6 Å². The van der Waals surface area contributed by atoms with Crippen LogP contribution in [0.3, 0.4) is 0 Å². The highest BCUT2D eigenvalue weighted by Crippen LogP contribution is 2.15. The van der Waals surface area contributed by atoms with Crippen LogP contribution in [0.15, 0.2) is 30.5 Å². The van der Waals surface area contributed by atoms with Gasteiger partial charge in [-0.1, -0.05) is 30.3 Å². The van der Waals surface area contributed by atoms with Gasteiger partial charge in [0.15, 0.2) is 5.69 Å². The predicted molar refractivity (Wildman–Crippen MR) is 104 cm³/mol. The summed E-state index contributed by atoms with van der Waals surface area (Å²) in [7, 11) is 1.32. The van der Waals surface area contributed by atoms with Crippen molar-refractivity contribution in [3.8, 4) is 0 Å². The second kappa shape index (κ2) is 9.43. The summed E-state index contributed by atoms with van der Waals surface area (Å²) < 4.78 is 6.26. The Morgan fingerprint density at radius 1 is 1.14 bits per heavy atom. The van der Waals surface area contributed by atoms with Crippen LogP contribution in [0.2, 0.25) is 0 Å². The molecule has 0 saturated carbocycles. The molecule has 1 amide bonds. The number of ether oxygens (including phenoxy) is 1. The zero-order chi connectivity index (χ0) is 19.9. The topological polar surface area (TPSA) is 92.6 Å². The van der Waals surface area contributed by atoms with Crippen LogP contribution in [0.25, 0.3) is 0 Å². The largest absolute Gasteiger partial charge is 0.464 e. The van der Waals surface area contributed by atoms with Crippen LogP contribution in [0.5, 0.6) is 0 Å². The van der Waals surface area contributed by atoms with E-state index in [4.69, 9.17) is 0 Å². The number of anilines is 1. The molecule has 9 nitrogen and oxygen atoms in total.